The Morgan fingerprint density at radius 2 is 2.26 bits per heavy atom. The van der Waals surface area contributed by atoms with Gasteiger partial charge >= 0.3 is 0 Å². The van der Waals surface area contributed by atoms with Crippen molar-refractivity contribution in [2.75, 3.05) is 40.4 Å². The van der Waals surface area contributed by atoms with E-state index in [0.29, 0.717) is 26.2 Å². The first-order valence-corrected chi connectivity index (χ1v) is 8.10. The Labute approximate surface area is 137 Å². The Hall–Kier alpha value is -1.44. The normalized spacial score (nSPS) is 22.8. The van der Waals surface area contributed by atoms with Crippen molar-refractivity contribution in [1.29, 1.82) is 0 Å². The van der Waals surface area contributed by atoms with Crippen LogP contribution < -0.4 is 0 Å². The van der Waals surface area contributed by atoms with E-state index in [-0.39, 0.29) is 18.9 Å². The fourth-order valence-electron chi connectivity index (χ4n) is 2.77. The third kappa shape index (κ3) is 4.76. The maximum Gasteiger partial charge on any atom is 0.225 e. The summed E-state index contributed by atoms with van der Waals surface area (Å²) in [5.41, 5.74) is 0.889. The van der Waals surface area contributed by atoms with E-state index >= 15 is 0 Å². The first-order valence-electron chi connectivity index (χ1n) is 8.10. The quantitative estimate of drug-likeness (QED) is 0.815. The molecule has 0 aliphatic carbocycles. The predicted octanol–water partition coefficient (Wildman–Crippen LogP) is 0.322. The summed E-state index contributed by atoms with van der Waals surface area (Å²) in [6.45, 7) is 6.56. The van der Waals surface area contributed by atoms with Gasteiger partial charge in [0.15, 0.2) is 0 Å². The molecule has 23 heavy (non-hydrogen) atoms. The minimum Gasteiger partial charge on any atom is -0.386 e. The van der Waals surface area contributed by atoms with E-state index in [1.54, 1.807) is 14.1 Å². The van der Waals surface area contributed by atoms with Crippen LogP contribution in [0.25, 0.3) is 0 Å². The summed E-state index contributed by atoms with van der Waals surface area (Å²) in [6, 6.07) is 0. The molecule has 1 aliphatic rings. The predicted molar refractivity (Wildman–Crippen MR) is 87.1 cm³/mol. The zero-order valence-corrected chi connectivity index (χ0v) is 14.6. The van der Waals surface area contributed by atoms with E-state index in [2.05, 4.69) is 21.8 Å². The lowest BCUT2D eigenvalue weighted by molar-refractivity contribution is -0.136. The van der Waals surface area contributed by atoms with Crippen LogP contribution in [-0.2, 0) is 22.5 Å². The summed E-state index contributed by atoms with van der Waals surface area (Å²) in [6.07, 6.45) is 0.932. The van der Waals surface area contributed by atoms with Gasteiger partial charge in [-0.1, -0.05) is 6.92 Å². The highest BCUT2D eigenvalue weighted by molar-refractivity contribution is 5.76. The molecular weight excluding hydrogens is 296 g/mol. The molecule has 0 saturated carbocycles. The lowest BCUT2D eigenvalue weighted by Gasteiger charge is -2.30. The molecule has 0 aromatic carbocycles. The summed E-state index contributed by atoms with van der Waals surface area (Å²) in [7, 11) is 3.39. The van der Waals surface area contributed by atoms with E-state index in [1.165, 1.54) is 4.90 Å². The number of rotatable bonds is 5. The molecule has 0 spiro atoms. The van der Waals surface area contributed by atoms with Crippen LogP contribution in [0.4, 0.5) is 0 Å². The van der Waals surface area contributed by atoms with Crippen LogP contribution in [0.2, 0.25) is 0 Å². The van der Waals surface area contributed by atoms with Gasteiger partial charge in [-0.15, -0.1) is 0 Å². The first kappa shape index (κ1) is 17.9. The molecule has 0 radical (unpaired) electrons. The molecular formula is C16H28N4O3. The van der Waals surface area contributed by atoms with Crippen LogP contribution in [-0.4, -0.2) is 76.8 Å². The minimum atomic E-state index is -1.16. The zero-order chi connectivity index (χ0) is 17.0. The number of carbonyl (C=O) groups is 1. The summed E-state index contributed by atoms with van der Waals surface area (Å²) < 4.78 is 5.52. The monoisotopic (exact) mass is 324 g/mol. The molecule has 1 aromatic rings. The molecule has 1 atom stereocenters. The molecule has 130 valence electrons. The molecule has 2 heterocycles. The van der Waals surface area contributed by atoms with Gasteiger partial charge in [0.25, 0.3) is 0 Å². The average Bonchev–Trinajstić information content (AvgIpc) is 2.72. The Balaban J connectivity index is 2.06. The van der Waals surface area contributed by atoms with E-state index in [0.717, 1.165) is 23.6 Å². The molecule has 1 saturated heterocycles. The van der Waals surface area contributed by atoms with Gasteiger partial charge in [0.2, 0.25) is 5.91 Å². The van der Waals surface area contributed by atoms with Crippen LogP contribution in [0.1, 0.15) is 30.6 Å². The SMILES string of the molecule is CCc1nc(CN2CCOC[C@@](O)(CC(=O)N(C)C)C2)c(C)[nH]1. The highest BCUT2D eigenvalue weighted by Crippen LogP contribution is 2.20. The lowest BCUT2D eigenvalue weighted by atomic mass is 9.99. The molecule has 2 rings (SSSR count). The maximum absolute atomic E-state index is 12.0. The lowest BCUT2D eigenvalue weighted by Crippen LogP contribution is -2.47. The molecule has 7 nitrogen and oxygen atoms in total. The number of amides is 1. The first-order chi connectivity index (χ1) is 10.8. The largest absolute Gasteiger partial charge is 0.386 e. The van der Waals surface area contributed by atoms with E-state index in [1.807, 2.05) is 6.92 Å². The molecule has 1 amide bonds. The van der Waals surface area contributed by atoms with Gasteiger partial charge in [-0.2, -0.15) is 0 Å². The molecule has 1 aliphatic heterocycles. The molecule has 1 fully saturated rings. The van der Waals surface area contributed by atoms with Crippen molar-refractivity contribution in [3.63, 3.8) is 0 Å². The number of H-pyrrole nitrogens is 1. The number of nitrogens with zero attached hydrogens (tertiary/aromatic N) is 3. The van der Waals surface area contributed by atoms with Gasteiger partial charge in [-0.25, -0.2) is 4.98 Å². The third-order valence-electron chi connectivity index (χ3n) is 4.16. The maximum atomic E-state index is 12.0. The summed E-state index contributed by atoms with van der Waals surface area (Å²) in [5.74, 6) is 0.879. The smallest absolute Gasteiger partial charge is 0.225 e. The van der Waals surface area contributed by atoms with Crippen molar-refractivity contribution in [2.45, 2.75) is 38.8 Å². The Morgan fingerprint density at radius 3 is 2.87 bits per heavy atom. The summed E-state index contributed by atoms with van der Waals surface area (Å²) in [4.78, 5) is 23.4. The topological polar surface area (TPSA) is 81.7 Å². The van der Waals surface area contributed by atoms with Gasteiger partial charge in [0.1, 0.15) is 11.4 Å². The Morgan fingerprint density at radius 1 is 1.52 bits per heavy atom. The van der Waals surface area contributed by atoms with Crippen molar-refractivity contribution in [1.82, 2.24) is 19.8 Å². The number of hydrogen-bond acceptors (Lipinski definition) is 5. The van der Waals surface area contributed by atoms with Gasteiger partial charge < -0.3 is 19.7 Å². The number of aromatic nitrogens is 2. The number of aromatic amines is 1. The number of aryl methyl sites for hydroxylation is 2. The second-order valence-corrected chi connectivity index (χ2v) is 6.56. The molecule has 2 N–H and O–H groups in total. The number of imidazole rings is 1. The highest BCUT2D eigenvalue weighted by atomic mass is 16.5. The third-order valence-corrected chi connectivity index (χ3v) is 4.16. The van der Waals surface area contributed by atoms with Gasteiger partial charge in [0.05, 0.1) is 25.3 Å². The van der Waals surface area contributed by atoms with Gasteiger partial charge in [0, 0.05) is 45.8 Å². The van der Waals surface area contributed by atoms with Crippen molar-refractivity contribution in [3.05, 3.63) is 17.2 Å². The van der Waals surface area contributed by atoms with Crippen molar-refractivity contribution >= 4 is 5.91 Å². The molecule has 0 bridgehead atoms. The standard InChI is InChI=1S/C16H28N4O3/c1-5-14-17-12(2)13(18-14)9-20-6-7-23-11-16(22,10-20)8-15(21)19(3)4/h22H,5-11H2,1-4H3,(H,17,18)/t16-/m1/s1. The van der Waals surface area contributed by atoms with E-state index < -0.39 is 5.60 Å². The molecule has 7 heteroatoms. The highest BCUT2D eigenvalue weighted by Gasteiger charge is 2.35. The van der Waals surface area contributed by atoms with Crippen LogP contribution >= 0.6 is 0 Å². The van der Waals surface area contributed by atoms with Crippen molar-refractivity contribution in [2.24, 2.45) is 0 Å². The molecule has 1 aromatic heterocycles. The molecule has 0 unspecified atom stereocenters. The fraction of sp³-hybridized carbons (Fsp3) is 0.750. The second kappa shape index (κ2) is 7.42. The zero-order valence-electron chi connectivity index (χ0n) is 14.6. The Kier molecular flexibility index (Phi) is 5.78. The number of nitrogens with one attached hydrogen (secondary N) is 1. The second-order valence-electron chi connectivity index (χ2n) is 6.56. The number of hydrogen-bond donors (Lipinski definition) is 2. The van der Waals surface area contributed by atoms with Crippen LogP contribution in [0.3, 0.4) is 0 Å². The van der Waals surface area contributed by atoms with E-state index in [9.17, 15) is 9.90 Å². The Bertz CT molecular complexity index is 543. The average molecular weight is 324 g/mol. The van der Waals surface area contributed by atoms with E-state index in [4.69, 9.17) is 4.74 Å². The van der Waals surface area contributed by atoms with Crippen LogP contribution in [0, 0.1) is 6.92 Å². The summed E-state index contributed by atoms with van der Waals surface area (Å²) in [5, 5.41) is 10.8. The van der Waals surface area contributed by atoms with Crippen LogP contribution in [0.15, 0.2) is 0 Å². The van der Waals surface area contributed by atoms with Crippen molar-refractivity contribution in [3.8, 4) is 0 Å². The van der Waals surface area contributed by atoms with Crippen LogP contribution in [0.5, 0.6) is 0 Å². The number of aliphatic hydroxyl groups is 1. The minimum absolute atomic E-state index is 0.0657. The number of β-amino-alcohol motifs (C(OH)–C–C–N with tert-alkyl or cyclic N) is 1. The number of ether oxygens (including phenoxy) is 1. The summed E-state index contributed by atoms with van der Waals surface area (Å²) >= 11 is 0. The van der Waals surface area contributed by atoms with Crippen molar-refractivity contribution < 1.29 is 14.6 Å². The van der Waals surface area contributed by atoms with Gasteiger partial charge in [-0.05, 0) is 6.92 Å². The van der Waals surface area contributed by atoms with Gasteiger partial charge in [-0.3, -0.25) is 9.69 Å². The number of carbonyl (C=O) groups excluding carboxylic acids is 1. The fourth-order valence-corrected chi connectivity index (χ4v) is 2.77.